The summed E-state index contributed by atoms with van der Waals surface area (Å²) in [6.07, 6.45) is 11.6. The highest BCUT2D eigenvalue weighted by Crippen LogP contribution is 2.31. The molecule has 2 atom stereocenters. The van der Waals surface area contributed by atoms with Gasteiger partial charge in [0.05, 0.1) is 11.6 Å². The first-order valence-corrected chi connectivity index (χ1v) is 14.6. The number of aryl methyl sites for hydroxylation is 1. The van der Waals surface area contributed by atoms with E-state index < -0.39 is 0 Å². The molecule has 37 heavy (non-hydrogen) atoms. The minimum Gasteiger partial charge on any atom is -0.487 e. The number of carbonyl (C=O) groups excluding carboxylic acids is 2. The molecule has 200 valence electrons. The molecule has 2 aliphatic rings. The first kappa shape index (κ1) is 27.2. The molecule has 1 aliphatic heterocycles. The van der Waals surface area contributed by atoms with Gasteiger partial charge in [-0.25, -0.2) is 0 Å². The van der Waals surface area contributed by atoms with Crippen LogP contribution in [-0.2, 0) is 11.2 Å². The summed E-state index contributed by atoms with van der Waals surface area (Å²) in [5.41, 5.74) is 1.85. The summed E-state index contributed by atoms with van der Waals surface area (Å²) >= 11 is 0. The van der Waals surface area contributed by atoms with Crippen molar-refractivity contribution < 1.29 is 14.3 Å². The van der Waals surface area contributed by atoms with Crippen LogP contribution in [0.3, 0.4) is 0 Å². The highest BCUT2D eigenvalue weighted by Gasteiger charge is 2.35. The third kappa shape index (κ3) is 7.59. The molecule has 0 saturated heterocycles. The van der Waals surface area contributed by atoms with Gasteiger partial charge in [-0.1, -0.05) is 75.1 Å². The number of hydrogen-bond acceptors (Lipinski definition) is 3. The van der Waals surface area contributed by atoms with Gasteiger partial charge in [-0.3, -0.25) is 9.59 Å². The summed E-state index contributed by atoms with van der Waals surface area (Å²) in [5.74, 6) is 0.958. The molecular weight excluding hydrogens is 460 g/mol. The lowest BCUT2D eigenvalue weighted by Crippen LogP contribution is -2.51. The van der Waals surface area contributed by atoms with Crippen molar-refractivity contribution in [2.45, 2.75) is 96.1 Å². The number of para-hydroxylation sites is 1. The number of rotatable bonds is 5. The van der Waals surface area contributed by atoms with Crippen LogP contribution in [0.2, 0.25) is 0 Å². The van der Waals surface area contributed by atoms with Gasteiger partial charge in [-0.2, -0.15) is 0 Å². The van der Waals surface area contributed by atoms with Gasteiger partial charge in [-0.15, -0.1) is 0 Å². The van der Waals surface area contributed by atoms with E-state index in [2.05, 4.69) is 24.0 Å². The molecule has 0 spiro atoms. The van der Waals surface area contributed by atoms with Crippen LogP contribution in [0.25, 0.3) is 0 Å². The van der Waals surface area contributed by atoms with Crippen molar-refractivity contribution in [2.75, 3.05) is 19.6 Å². The van der Waals surface area contributed by atoms with Crippen LogP contribution in [0.5, 0.6) is 5.75 Å². The Kier molecular flexibility index (Phi) is 10.5. The van der Waals surface area contributed by atoms with Gasteiger partial charge < -0.3 is 14.5 Å². The average molecular weight is 505 g/mol. The van der Waals surface area contributed by atoms with Crippen molar-refractivity contribution in [1.82, 2.24) is 9.80 Å². The standard InChI is InChI=1S/C32H44N2O3/c1-2-23-33-24-13-4-3-5-14-25-34(31(35)22-21-26-15-7-6-8-16-26)28-18-10-12-20-30(28)37-29-19-11-9-17-27(29)32(33)36/h6-9,11,15-17,19,28,30H,2-5,10,12-14,18,20-25H2,1H3/t28-,30+/m1/s1. The zero-order chi connectivity index (χ0) is 25.9. The first-order valence-electron chi connectivity index (χ1n) is 14.6. The lowest BCUT2D eigenvalue weighted by molar-refractivity contribution is -0.136. The SMILES string of the molecule is CCCN1CCCCCCCN(C(=O)CCc2ccccc2)[C@@H]2CCCC[C@@H]2Oc2ccccc2C1=O. The number of ether oxygens (including phenoxy) is 1. The fourth-order valence-corrected chi connectivity index (χ4v) is 5.87. The quantitative estimate of drug-likeness (QED) is 0.458. The van der Waals surface area contributed by atoms with E-state index in [4.69, 9.17) is 4.74 Å². The number of fused-ring (bicyclic) bond motifs is 2. The predicted octanol–water partition coefficient (Wildman–Crippen LogP) is 6.65. The Morgan fingerprint density at radius 3 is 2.38 bits per heavy atom. The maximum Gasteiger partial charge on any atom is 0.257 e. The third-order valence-electron chi connectivity index (χ3n) is 7.86. The van der Waals surface area contributed by atoms with Crippen molar-refractivity contribution in [3.63, 3.8) is 0 Å². The molecule has 1 saturated carbocycles. The molecule has 2 aromatic carbocycles. The van der Waals surface area contributed by atoms with Crippen LogP contribution < -0.4 is 4.74 Å². The Morgan fingerprint density at radius 1 is 0.865 bits per heavy atom. The van der Waals surface area contributed by atoms with Crippen LogP contribution >= 0.6 is 0 Å². The second-order valence-corrected chi connectivity index (χ2v) is 10.6. The van der Waals surface area contributed by atoms with Gasteiger partial charge in [0.1, 0.15) is 11.9 Å². The topological polar surface area (TPSA) is 49.9 Å². The number of benzene rings is 2. The molecule has 5 heteroatoms. The molecule has 0 N–H and O–H groups in total. The number of nitrogens with zero attached hydrogens (tertiary/aromatic N) is 2. The summed E-state index contributed by atoms with van der Waals surface area (Å²) in [4.78, 5) is 31.4. The largest absolute Gasteiger partial charge is 0.487 e. The number of hydrogen-bond donors (Lipinski definition) is 0. The summed E-state index contributed by atoms with van der Waals surface area (Å²) in [7, 11) is 0. The van der Waals surface area contributed by atoms with E-state index in [1.54, 1.807) is 0 Å². The van der Waals surface area contributed by atoms with Crippen molar-refractivity contribution in [3.8, 4) is 5.75 Å². The van der Waals surface area contributed by atoms with Gasteiger partial charge in [0, 0.05) is 26.1 Å². The monoisotopic (exact) mass is 504 g/mol. The Labute approximate surface area is 223 Å². The normalized spacial score (nSPS) is 21.7. The zero-order valence-electron chi connectivity index (χ0n) is 22.6. The molecule has 1 aliphatic carbocycles. The van der Waals surface area contributed by atoms with Gasteiger partial charge in [0.15, 0.2) is 0 Å². The van der Waals surface area contributed by atoms with E-state index in [1.807, 2.05) is 47.4 Å². The van der Waals surface area contributed by atoms with Gasteiger partial charge in [-0.05, 0) is 62.6 Å². The van der Waals surface area contributed by atoms with Crippen molar-refractivity contribution in [2.24, 2.45) is 0 Å². The maximum absolute atomic E-state index is 13.6. The van der Waals surface area contributed by atoms with E-state index in [9.17, 15) is 9.59 Å². The van der Waals surface area contributed by atoms with Gasteiger partial charge in [0.2, 0.25) is 5.91 Å². The number of amides is 2. The smallest absolute Gasteiger partial charge is 0.257 e. The Morgan fingerprint density at radius 2 is 1.57 bits per heavy atom. The molecule has 2 amide bonds. The zero-order valence-corrected chi connectivity index (χ0v) is 22.6. The molecule has 1 heterocycles. The van der Waals surface area contributed by atoms with Crippen LogP contribution in [0.1, 0.15) is 93.5 Å². The van der Waals surface area contributed by atoms with Gasteiger partial charge in [0.25, 0.3) is 5.91 Å². The Hall–Kier alpha value is -2.82. The van der Waals surface area contributed by atoms with Gasteiger partial charge >= 0.3 is 0 Å². The molecule has 0 aromatic heterocycles. The van der Waals surface area contributed by atoms with E-state index >= 15 is 0 Å². The molecule has 0 bridgehead atoms. The van der Waals surface area contributed by atoms with Crippen molar-refractivity contribution in [3.05, 3.63) is 65.7 Å². The van der Waals surface area contributed by atoms with E-state index in [1.165, 1.54) is 5.56 Å². The van der Waals surface area contributed by atoms with E-state index in [0.717, 1.165) is 90.3 Å². The minimum atomic E-state index is -0.0897. The van der Waals surface area contributed by atoms with E-state index in [0.29, 0.717) is 17.7 Å². The first-order chi connectivity index (χ1) is 18.2. The summed E-state index contributed by atoms with van der Waals surface area (Å²) < 4.78 is 6.67. The molecule has 1 fully saturated rings. The second-order valence-electron chi connectivity index (χ2n) is 10.6. The summed E-state index contributed by atoms with van der Waals surface area (Å²) in [6, 6.07) is 18.1. The third-order valence-corrected chi connectivity index (χ3v) is 7.86. The lowest BCUT2D eigenvalue weighted by atomic mass is 9.90. The molecular formula is C32H44N2O3. The van der Waals surface area contributed by atoms with E-state index in [-0.39, 0.29) is 24.0 Å². The fourth-order valence-electron chi connectivity index (χ4n) is 5.87. The maximum atomic E-state index is 13.6. The molecule has 5 nitrogen and oxygen atoms in total. The summed E-state index contributed by atoms with van der Waals surface area (Å²) in [5, 5.41) is 0. The minimum absolute atomic E-state index is 0.0528. The highest BCUT2D eigenvalue weighted by atomic mass is 16.5. The molecule has 4 rings (SSSR count). The number of carbonyl (C=O) groups is 2. The van der Waals surface area contributed by atoms with Crippen LogP contribution in [0.15, 0.2) is 54.6 Å². The molecule has 0 radical (unpaired) electrons. The molecule has 0 unspecified atom stereocenters. The van der Waals surface area contributed by atoms with Crippen molar-refractivity contribution >= 4 is 11.8 Å². The lowest BCUT2D eigenvalue weighted by Gasteiger charge is -2.40. The second kappa shape index (κ2) is 14.2. The Bertz CT molecular complexity index is 993. The predicted molar refractivity (Wildman–Crippen MR) is 149 cm³/mol. The molecule has 2 aromatic rings. The highest BCUT2D eigenvalue weighted by molar-refractivity contribution is 5.97. The fraction of sp³-hybridized carbons (Fsp3) is 0.562. The Balaban J connectivity index is 1.58. The van der Waals surface area contributed by atoms with Crippen molar-refractivity contribution in [1.29, 1.82) is 0 Å². The summed E-state index contributed by atoms with van der Waals surface area (Å²) in [6.45, 7) is 4.47. The average Bonchev–Trinajstić information content (AvgIpc) is 2.93. The van der Waals surface area contributed by atoms with Crippen LogP contribution in [0.4, 0.5) is 0 Å². The van der Waals surface area contributed by atoms with Crippen LogP contribution in [-0.4, -0.2) is 53.4 Å². The van der Waals surface area contributed by atoms with Crippen LogP contribution in [0, 0.1) is 0 Å².